The van der Waals surface area contributed by atoms with Crippen LogP contribution in [0.4, 0.5) is 5.82 Å². The summed E-state index contributed by atoms with van der Waals surface area (Å²) in [7, 11) is -11.3. The Labute approximate surface area is 218 Å². The van der Waals surface area contributed by atoms with Crippen LogP contribution in [0.3, 0.4) is 0 Å². The molecule has 2 aliphatic heterocycles. The average molecular weight is 598 g/mol. The number of nitrogen functional groups attached to an aromatic ring is 1. The number of carbonyl (C=O) groups excluding carboxylic acids is 1. The number of nitrogens with one attached hydrogen (secondary N) is 1. The van der Waals surface area contributed by atoms with Crippen LogP contribution in [0.2, 0.25) is 0 Å². The molecule has 0 radical (unpaired) electrons. The number of nitrogens with two attached hydrogens (primary N) is 1. The maximum absolute atomic E-state index is 12.1. The molecule has 2 fully saturated rings. The van der Waals surface area contributed by atoms with Crippen molar-refractivity contribution < 1.29 is 67.0 Å². The zero-order valence-corrected chi connectivity index (χ0v) is 21.6. The number of aromatic nitrogens is 4. The van der Waals surface area contributed by atoms with E-state index in [0.29, 0.717) is 0 Å². The van der Waals surface area contributed by atoms with Crippen LogP contribution in [0.1, 0.15) is 13.2 Å². The lowest BCUT2D eigenvalue weighted by Gasteiger charge is -2.32. The Morgan fingerprint density at radius 1 is 1.05 bits per heavy atom. The van der Waals surface area contributed by atoms with Gasteiger partial charge in [-0.15, -0.1) is 0 Å². The molecule has 0 aromatic carbocycles. The summed E-state index contributed by atoms with van der Waals surface area (Å²) in [6, 6.07) is -1.29. The third kappa shape index (κ3) is 6.60. The highest BCUT2D eigenvalue weighted by atomic mass is 31.3. The Balaban J connectivity index is 1.32. The summed E-state index contributed by atoms with van der Waals surface area (Å²) in [4.78, 5) is 47.0. The van der Waals surface area contributed by atoms with Gasteiger partial charge in [0.15, 0.2) is 24.0 Å². The molecule has 4 rings (SSSR count). The van der Waals surface area contributed by atoms with Gasteiger partial charge in [0, 0.05) is 6.92 Å². The molecule has 6 unspecified atom stereocenters. The third-order valence-electron chi connectivity index (χ3n) is 5.73. The van der Waals surface area contributed by atoms with Crippen molar-refractivity contribution in [2.24, 2.45) is 0 Å². The van der Waals surface area contributed by atoms with E-state index in [0.717, 1.165) is 13.3 Å². The molecule has 218 valence electrons. The second kappa shape index (κ2) is 11.4. The summed E-state index contributed by atoms with van der Waals surface area (Å²) >= 11 is 0. The van der Waals surface area contributed by atoms with Crippen molar-refractivity contribution in [1.29, 1.82) is 0 Å². The normalized spacial score (nSPS) is 34.1. The fraction of sp³-hybridized carbons (Fsp3) is 0.647. The number of phosphoric ester groups is 2. The number of fused-ring (bicyclic) bond motifs is 1. The number of aliphatic hydroxyl groups is 4. The third-order valence-corrected chi connectivity index (χ3v) is 8.26. The number of rotatable bonds is 10. The number of amides is 1. The van der Waals surface area contributed by atoms with Crippen LogP contribution in [0.5, 0.6) is 0 Å². The fourth-order valence-corrected chi connectivity index (χ4v) is 5.94. The molecule has 39 heavy (non-hydrogen) atoms. The van der Waals surface area contributed by atoms with Crippen LogP contribution in [0, 0.1) is 0 Å². The quantitative estimate of drug-likeness (QED) is 0.141. The lowest BCUT2D eigenvalue weighted by Crippen LogP contribution is -2.47. The molecule has 0 bridgehead atoms. The first-order chi connectivity index (χ1) is 18.2. The van der Waals surface area contributed by atoms with Crippen molar-refractivity contribution in [3.05, 3.63) is 12.7 Å². The molecule has 1 amide bonds. The predicted octanol–water partition coefficient (Wildman–Crippen LogP) is -4.40. The zero-order valence-electron chi connectivity index (χ0n) is 19.8. The lowest BCUT2D eigenvalue weighted by molar-refractivity contribution is -0.247. The standard InChI is InChI=1S/C17H26N6O14P2/c1-6(24)22-9-11(25)7(36-17(9)28)2-33-38(29,30)37-39(31,32)34-3-8-12(26)13(27)16(35-8)23-5-21-10-14(18)19-4-20-15(10)23/h4-5,7-9,11-13,16-17,25-28H,2-3H2,1H3,(H,22,24)(H,29,30)(H,31,32)(H2,18,19,20)/p-2/t7-,8+,9?,11+,12?,13?,16+,17?/m1/s1. The van der Waals surface area contributed by atoms with Crippen molar-refractivity contribution in [2.45, 2.75) is 56.0 Å². The molecule has 0 saturated carbocycles. The first-order valence-corrected chi connectivity index (χ1v) is 14.0. The largest absolute Gasteiger partial charge is 0.756 e. The van der Waals surface area contributed by atoms with E-state index in [1.54, 1.807) is 0 Å². The number of anilines is 1. The number of ether oxygens (including phenoxy) is 2. The van der Waals surface area contributed by atoms with Gasteiger partial charge in [0.1, 0.15) is 48.4 Å². The van der Waals surface area contributed by atoms with Crippen molar-refractivity contribution >= 4 is 38.5 Å². The van der Waals surface area contributed by atoms with E-state index < -0.39 is 83.8 Å². The highest BCUT2D eigenvalue weighted by Crippen LogP contribution is 2.56. The SMILES string of the molecule is CC(=O)NC1C(O)O[C@H](COP(=O)([O-])OP(=O)([O-])OC[C@@H]2O[C@H](n3cnc4c(N)ncnc43)C(O)C2O)[C@@H]1O. The second-order valence-corrected chi connectivity index (χ2v) is 11.4. The zero-order chi connectivity index (χ0) is 28.7. The topological polar surface area (TPSA) is 306 Å². The minimum Gasteiger partial charge on any atom is -0.756 e. The highest BCUT2D eigenvalue weighted by Gasteiger charge is 2.46. The first kappa shape index (κ1) is 29.8. The van der Waals surface area contributed by atoms with E-state index in [-0.39, 0.29) is 17.0 Å². The molecular formula is C17H24N6O14P2-2. The molecule has 2 saturated heterocycles. The van der Waals surface area contributed by atoms with Gasteiger partial charge >= 0.3 is 0 Å². The van der Waals surface area contributed by atoms with Gasteiger partial charge in [-0.25, -0.2) is 19.3 Å². The molecule has 0 spiro atoms. The lowest BCUT2D eigenvalue weighted by atomic mass is 10.1. The van der Waals surface area contributed by atoms with Crippen LogP contribution in [-0.4, -0.2) is 102 Å². The predicted molar refractivity (Wildman–Crippen MR) is 118 cm³/mol. The molecule has 20 nitrogen and oxygen atoms in total. The van der Waals surface area contributed by atoms with Crippen LogP contribution >= 0.6 is 15.6 Å². The number of carbonyl (C=O) groups is 1. The Morgan fingerprint density at radius 2 is 1.67 bits per heavy atom. The van der Waals surface area contributed by atoms with E-state index in [1.807, 2.05) is 0 Å². The molecule has 4 heterocycles. The summed E-state index contributed by atoms with van der Waals surface area (Å²) in [5, 5.41) is 42.7. The van der Waals surface area contributed by atoms with E-state index in [9.17, 15) is 44.1 Å². The van der Waals surface area contributed by atoms with Gasteiger partial charge in [-0.3, -0.25) is 18.5 Å². The Bertz CT molecular complexity index is 1300. The highest BCUT2D eigenvalue weighted by molar-refractivity contribution is 7.59. The minimum atomic E-state index is -5.65. The van der Waals surface area contributed by atoms with Gasteiger partial charge in [0.25, 0.3) is 15.6 Å². The van der Waals surface area contributed by atoms with Crippen LogP contribution < -0.4 is 20.8 Å². The number of phosphoric acid groups is 2. The number of hydrogen-bond donors (Lipinski definition) is 6. The maximum Gasteiger partial charge on any atom is 0.274 e. The Kier molecular flexibility index (Phi) is 8.70. The van der Waals surface area contributed by atoms with E-state index >= 15 is 0 Å². The van der Waals surface area contributed by atoms with Crippen LogP contribution in [0.15, 0.2) is 12.7 Å². The molecule has 7 N–H and O–H groups in total. The number of imidazole rings is 1. The van der Waals surface area contributed by atoms with E-state index in [4.69, 9.17) is 15.2 Å². The molecular weight excluding hydrogens is 574 g/mol. The van der Waals surface area contributed by atoms with Crippen molar-refractivity contribution in [3.63, 3.8) is 0 Å². The van der Waals surface area contributed by atoms with Crippen LogP contribution in [-0.2, 0) is 36.8 Å². The number of hydrogen-bond acceptors (Lipinski definition) is 18. The molecule has 2 aromatic heterocycles. The smallest absolute Gasteiger partial charge is 0.274 e. The fourth-order valence-electron chi connectivity index (χ4n) is 3.93. The van der Waals surface area contributed by atoms with Crippen molar-refractivity contribution in [3.8, 4) is 0 Å². The first-order valence-electron chi connectivity index (χ1n) is 11.0. The summed E-state index contributed by atoms with van der Waals surface area (Å²) in [6.07, 6.45) is -8.52. The second-order valence-electron chi connectivity index (χ2n) is 8.48. The Hall–Kier alpha value is -2.16. The van der Waals surface area contributed by atoms with Gasteiger partial charge < -0.3 is 59.8 Å². The van der Waals surface area contributed by atoms with Gasteiger partial charge in [0.05, 0.1) is 19.5 Å². The number of nitrogens with zero attached hydrogens (tertiary/aromatic N) is 4. The van der Waals surface area contributed by atoms with Crippen molar-refractivity contribution in [2.75, 3.05) is 18.9 Å². The number of aliphatic hydroxyl groups excluding tert-OH is 4. The van der Waals surface area contributed by atoms with Gasteiger partial charge in [-0.05, 0) is 0 Å². The van der Waals surface area contributed by atoms with E-state index in [2.05, 4.69) is 33.6 Å². The summed E-state index contributed by atoms with van der Waals surface area (Å²) in [5.74, 6) is -0.573. The minimum absolute atomic E-state index is 0.0399. The molecule has 2 aliphatic rings. The van der Waals surface area contributed by atoms with Gasteiger partial charge in [0.2, 0.25) is 5.91 Å². The molecule has 2 aromatic rings. The Morgan fingerprint density at radius 3 is 2.28 bits per heavy atom. The van der Waals surface area contributed by atoms with Gasteiger partial charge in [-0.2, -0.15) is 0 Å². The molecule has 10 atom stereocenters. The summed E-state index contributed by atoms with van der Waals surface area (Å²) in [5.41, 5.74) is 6.04. The van der Waals surface area contributed by atoms with Crippen LogP contribution in [0.25, 0.3) is 11.2 Å². The summed E-state index contributed by atoms with van der Waals surface area (Å²) in [6.45, 7) is -0.856. The van der Waals surface area contributed by atoms with Crippen molar-refractivity contribution in [1.82, 2.24) is 24.8 Å². The van der Waals surface area contributed by atoms with Gasteiger partial charge in [-0.1, -0.05) is 0 Å². The summed E-state index contributed by atoms with van der Waals surface area (Å²) < 4.78 is 48.6. The monoisotopic (exact) mass is 598 g/mol. The average Bonchev–Trinajstić information content (AvgIpc) is 3.47. The molecule has 0 aliphatic carbocycles. The maximum atomic E-state index is 12.1. The van der Waals surface area contributed by atoms with E-state index in [1.165, 1.54) is 10.9 Å². The molecule has 22 heteroatoms.